The summed E-state index contributed by atoms with van der Waals surface area (Å²) >= 11 is 0. The molecule has 0 bridgehead atoms. The van der Waals surface area contributed by atoms with E-state index in [1.165, 1.54) is 6.08 Å². The average Bonchev–Trinajstić information content (AvgIpc) is 3.27. The molecule has 0 atom stereocenters. The molecule has 1 heterocycles. The second-order valence-electron chi connectivity index (χ2n) is 6.92. The van der Waals surface area contributed by atoms with E-state index in [4.69, 9.17) is 18.7 Å². The molecule has 1 aromatic heterocycles. The van der Waals surface area contributed by atoms with Crippen molar-refractivity contribution in [2.45, 2.75) is 0 Å². The van der Waals surface area contributed by atoms with Gasteiger partial charge in [-0.25, -0.2) is 0 Å². The van der Waals surface area contributed by atoms with E-state index in [2.05, 4.69) is 10.5 Å². The second-order valence-corrected chi connectivity index (χ2v) is 6.92. The van der Waals surface area contributed by atoms with Crippen molar-refractivity contribution in [3.05, 3.63) is 78.5 Å². The number of aromatic nitrogens is 1. The van der Waals surface area contributed by atoms with Crippen molar-refractivity contribution in [3.8, 4) is 28.6 Å². The van der Waals surface area contributed by atoms with Gasteiger partial charge in [-0.1, -0.05) is 17.3 Å². The Morgan fingerprint density at radius 1 is 0.906 bits per heavy atom. The highest BCUT2D eigenvalue weighted by Crippen LogP contribution is 2.31. The highest BCUT2D eigenvalue weighted by atomic mass is 16.5. The summed E-state index contributed by atoms with van der Waals surface area (Å²) in [5, 5.41) is 7.93. The Hall–Kier alpha value is -4.26. The minimum Gasteiger partial charge on any atom is -0.497 e. The van der Waals surface area contributed by atoms with Crippen LogP contribution in [0.1, 0.15) is 10.4 Å². The first kappa shape index (κ1) is 21.0. The molecular formula is C25H22N2O5. The topological polar surface area (TPSA) is 82.8 Å². The van der Waals surface area contributed by atoms with Gasteiger partial charge in [-0.3, -0.25) is 4.79 Å². The smallest absolute Gasteiger partial charge is 0.187 e. The van der Waals surface area contributed by atoms with Gasteiger partial charge < -0.3 is 24.1 Å². The van der Waals surface area contributed by atoms with Crippen molar-refractivity contribution in [1.29, 1.82) is 0 Å². The molecule has 7 nitrogen and oxygen atoms in total. The Morgan fingerprint density at radius 2 is 1.66 bits per heavy atom. The number of ether oxygens (including phenoxy) is 3. The van der Waals surface area contributed by atoms with Crippen LogP contribution in [0.3, 0.4) is 0 Å². The largest absolute Gasteiger partial charge is 0.497 e. The number of nitrogens with one attached hydrogen (secondary N) is 1. The minimum atomic E-state index is -0.160. The summed E-state index contributed by atoms with van der Waals surface area (Å²) in [4.78, 5) is 12.7. The highest BCUT2D eigenvalue weighted by Gasteiger charge is 2.14. The highest BCUT2D eigenvalue weighted by molar-refractivity contribution is 6.07. The van der Waals surface area contributed by atoms with E-state index in [0.717, 1.165) is 16.6 Å². The Morgan fingerprint density at radius 3 is 2.38 bits per heavy atom. The normalized spacial score (nSPS) is 11.0. The SMILES string of the molecule is COc1cc(NC=CC(=O)c2ccc3noc(-c4cccc(OC)c4)c3c2)cc(OC)c1. The molecule has 32 heavy (non-hydrogen) atoms. The summed E-state index contributed by atoms with van der Waals surface area (Å²) in [5.41, 5.74) is 2.75. The van der Waals surface area contributed by atoms with Crippen molar-refractivity contribution >= 4 is 22.4 Å². The van der Waals surface area contributed by atoms with Gasteiger partial charge in [0.15, 0.2) is 11.5 Å². The average molecular weight is 430 g/mol. The van der Waals surface area contributed by atoms with Gasteiger partial charge in [-0.15, -0.1) is 0 Å². The second kappa shape index (κ2) is 9.26. The Kier molecular flexibility index (Phi) is 6.07. The third kappa shape index (κ3) is 4.41. The standard InChI is InChI=1S/C25H22N2O5/c1-29-19-6-4-5-17(11-19)25-22-12-16(7-8-23(22)27-32-25)24(28)9-10-26-18-13-20(30-2)15-21(14-18)31-3/h4-15,26H,1-3H3. The number of hydrogen-bond acceptors (Lipinski definition) is 7. The predicted octanol–water partition coefficient (Wildman–Crippen LogP) is 5.33. The lowest BCUT2D eigenvalue weighted by atomic mass is 10.0. The van der Waals surface area contributed by atoms with Crippen LogP contribution in [0.2, 0.25) is 0 Å². The first-order valence-electron chi connectivity index (χ1n) is 9.85. The van der Waals surface area contributed by atoms with Crippen LogP contribution in [0.5, 0.6) is 17.2 Å². The fourth-order valence-corrected chi connectivity index (χ4v) is 3.27. The Labute approximate surface area is 185 Å². The van der Waals surface area contributed by atoms with Crippen molar-refractivity contribution in [1.82, 2.24) is 5.16 Å². The molecule has 0 radical (unpaired) electrons. The van der Waals surface area contributed by atoms with Gasteiger partial charge >= 0.3 is 0 Å². The van der Waals surface area contributed by atoms with E-state index >= 15 is 0 Å². The number of benzene rings is 3. The van der Waals surface area contributed by atoms with Gasteiger partial charge in [0.25, 0.3) is 0 Å². The summed E-state index contributed by atoms with van der Waals surface area (Å²) in [7, 11) is 4.77. The van der Waals surface area contributed by atoms with E-state index in [9.17, 15) is 4.79 Å². The van der Waals surface area contributed by atoms with E-state index in [1.54, 1.807) is 63.9 Å². The summed E-state index contributed by atoms with van der Waals surface area (Å²) in [6.07, 6.45) is 3.04. The molecule has 0 fully saturated rings. The van der Waals surface area contributed by atoms with Gasteiger partial charge in [0, 0.05) is 47.3 Å². The summed E-state index contributed by atoms with van der Waals surface area (Å²) in [6, 6.07) is 18.2. The first-order chi connectivity index (χ1) is 15.6. The van der Waals surface area contributed by atoms with Crippen LogP contribution >= 0.6 is 0 Å². The Balaban J connectivity index is 1.56. The van der Waals surface area contributed by atoms with Crippen LogP contribution in [0, 0.1) is 0 Å². The minimum absolute atomic E-state index is 0.160. The van der Waals surface area contributed by atoms with E-state index < -0.39 is 0 Å². The lowest BCUT2D eigenvalue weighted by Crippen LogP contribution is -1.97. The van der Waals surface area contributed by atoms with Crippen LogP contribution in [0.4, 0.5) is 5.69 Å². The number of carbonyl (C=O) groups is 1. The number of fused-ring (bicyclic) bond motifs is 1. The van der Waals surface area contributed by atoms with Gasteiger partial charge in [-0.2, -0.15) is 0 Å². The summed E-state index contributed by atoms with van der Waals surface area (Å²) in [6.45, 7) is 0. The van der Waals surface area contributed by atoms with Crippen LogP contribution in [-0.4, -0.2) is 32.3 Å². The molecular weight excluding hydrogens is 408 g/mol. The molecule has 4 aromatic rings. The van der Waals surface area contributed by atoms with Crippen molar-refractivity contribution in [3.63, 3.8) is 0 Å². The molecule has 0 unspecified atom stereocenters. The maximum absolute atomic E-state index is 12.7. The monoisotopic (exact) mass is 430 g/mol. The zero-order valence-electron chi connectivity index (χ0n) is 17.9. The van der Waals surface area contributed by atoms with Crippen molar-refractivity contribution < 1.29 is 23.5 Å². The van der Waals surface area contributed by atoms with E-state index in [0.29, 0.717) is 34.1 Å². The fraction of sp³-hybridized carbons (Fsp3) is 0.120. The van der Waals surface area contributed by atoms with Crippen LogP contribution < -0.4 is 19.5 Å². The third-order valence-corrected chi connectivity index (χ3v) is 4.93. The number of carbonyl (C=O) groups excluding carboxylic acids is 1. The number of nitrogens with zero attached hydrogens (tertiary/aromatic N) is 1. The molecule has 0 spiro atoms. The molecule has 0 aliphatic heterocycles. The zero-order valence-corrected chi connectivity index (χ0v) is 17.9. The van der Waals surface area contributed by atoms with Gasteiger partial charge in [0.05, 0.1) is 26.7 Å². The van der Waals surface area contributed by atoms with Gasteiger partial charge in [-0.05, 0) is 30.3 Å². The van der Waals surface area contributed by atoms with Crippen molar-refractivity contribution in [2.24, 2.45) is 0 Å². The number of rotatable bonds is 8. The zero-order chi connectivity index (χ0) is 22.5. The molecule has 162 valence electrons. The number of methoxy groups -OCH3 is 3. The van der Waals surface area contributed by atoms with Gasteiger partial charge in [0.1, 0.15) is 22.8 Å². The number of anilines is 1. The summed E-state index contributed by atoms with van der Waals surface area (Å²) in [5.74, 6) is 2.43. The quantitative estimate of drug-likeness (QED) is 0.299. The van der Waals surface area contributed by atoms with Crippen LogP contribution in [0.15, 0.2) is 77.5 Å². The number of allylic oxidation sites excluding steroid dienone is 1. The maximum Gasteiger partial charge on any atom is 0.187 e. The third-order valence-electron chi connectivity index (χ3n) is 4.93. The molecule has 0 saturated carbocycles. The van der Waals surface area contributed by atoms with Crippen LogP contribution in [0.25, 0.3) is 22.2 Å². The Bertz CT molecular complexity index is 1270. The van der Waals surface area contributed by atoms with Crippen LogP contribution in [-0.2, 0) is 0 Å². The molecule has 0 aliphatic carbocycles. The lowest BCUT2D eigenvalue weighted by Gasteiger charge is -2.08. The maximum atomic E-state index is 12.7. The first-order valence-corrected chi connectivity index (χ1v) is 9.85. The van der Waals surface area contributed by atoms with Crippen molar-refractivity contribution in [2.75, 3.05) is 26.6 Å². The molecule has 3 aromatic carbocycles. The fourth-order valence-electron chi connectivity index (χ4n) is 3.27. The molecule has 0 saturated heterocycles. The summed E-state index contributed by atoms with van der Waals surface area (Å²) < 4.78 is 21.3. The number of hydrogen-bond donors (Lipinski definition) is 1. The van der Waals surface area contributed by atoms with Gasteiger partial charge in [0.2, 0.25) is 0 Å². The van der Waals surface area contributed by atoms with E-state index in [-0.39, 0.29) is 5.78 Å². The van der Waals surface area contributed by atoms with E-state index in [1.807, 2.05) is 24.3 Å². The number of ketones is 1. The molecule has 4 rings (SSSR count). The lowest BCUT2D eigenvalue weighted by molar-refractivity contribution is 0.104. The molecule has 1 N–H and O–H groups in total. The predicted molar refractivity (Wildman–Crippen MR) is 123 cm³/mol. The molecule has 0 aliphatic rings. The molecule has 7 heteroatoms. The molecule has 0 amide bonds.